The fourth-order valence-electron chi connectivity index (χ4n) is 6.35. The first-order chi connectivity index (χ1) is 22.5. The van der Waals surface area contributed by atoms with Crippen molar-refractivity contribution in [3.8, 4) is 0 Å². The molecule has 0 saturated heterocycles. The van der Waals surface area contributed by atoms with Crippen molar-refractivity contribution in [2.75, 3.05) is 55.9 Å². The SMILES string of the molecule is CCCCCCCCOP(=O)([O-])[O-].CCCC[P+](CCCC)(CCCC)CCCC.CCCC[P+](CCCC)(CCCC)CCCC. The van der Waals surface area contributed by atoms with Gasteiger partial charge in [0.05, 0.1) is 63.7 Å². The third kappa shape index (κ3) is 36.6. The molecule has 7 heteroatoms. The maximum atomic E-state index is 10.0. The highest BCUT2D eigenvalue weighted by molar-refractivity contribution is 7.76. The second kappa shape index (κ2) is 38.2. The van der Waals surface area contributed by atoms with Gasteiger partial charge in [0.1, 0.15) is 0 Å². The molecule has 0 rings (SSSR count). The van der Waals surface area contributed by atoms with E-state index in [-0.39, 0.29) is 6.61 Å². The number of rotatable bonds is 32. The zero-order valence-corrected chi connectivity index (χ0v) is 36.6. The van der Waals surface area contributed by atoms with Crippen LogP contribution in [0.3, 0.4) is 0 Å². The smallest absolute Gasteiger partial charge is 0.0596 e. The summed E-state index contributed by atoms with van der Waals surface area (Å²) in [6.45, 7) is 21.0. The van der Waals surface area contributed by atoms with E-state index in [0.717, 1.165) is 12.8 Å². The minimum atomic E-state index is -4.73. The first-order valence-electron chi connectivity index (χ1n) is 20.9. The molecule has 0 aromatic carbocycles. The first kappa shape index (κ1) is 52.3. The summed E-state index contributed by atoms with van der Waals surface area (Å²) >= 11 is 0. The zero-order chi connectivity index (χ0) is 36.1. The Balaban J connectivity index is -0.000000625. The molecule has 0 heterocycles. The molecule has 4 nitrogen and oxygen atoms in total. The van der Waals surface area contributed by atoms with Crippen LogP contribution in [0.4, 0.5) is 0 Å². The normalized spacial score (nSPS) is 12.0. The monoisotopic (exact) mass is 727 g/mol. The maximum Gasteiger partial charge on any atom is 0.0596 e. The summed E-state index contributed by atoms with van der Waals surface area (Å²) in [6, 6.07) is 0. The molecule has 0 aromatic heterocycles. The van der Waals surface area contributed by atoms with E-state index in [9.17, 15) is 14.4 Å². The van der Waals surface area contributed by atoms with Crippen molar-refractivity contribution in [1.29, 1.82) is 0 Å². The van der Waals surface area contributed by atoms with Gasteiger partial charge < -0.3 is 18.9 Å². The van der Waals surface area contributed by atoms with Crippen molar-refractivity contribution in [1.82, 2.24) is 0 Å². The number of unbranched alkanes of at least 4 members (excludes halogenated alkanes) is 13. The van der Waals surface area contributed by atoms with Crippen LogP contribution < -0.4 is 9.79 Å². The van der Waals surface area contributed by atoms with E-state index in [0.29, 0.717) is 6.42 Å². The molecule has 0 bridgehead atoms. The topological polar surface area (TPSA) is 72.4 Å². The second-order valence-electron chi connectivity index (χ2n) is 14.3. The number of hydrogen-bond acceptors (Lipinski definition) is 4. The van der Waals surface area contributed by atoms with Crippen LogP contribution in [0, 0.1) is 0 Å². The average molecular weight is 727 g/mol. The van der Waals surface area contributed by atoms with Crippen LogP contribution in [0.5, 0.6) is 0 Å². The predicted molar refractivity (Wildman–Crippen MR) is 219 cm³/mol. The Morgan fingerprint density at radius 2 is 0.574 bits per heavy atom. The standard InChI is InChI=1S/2C16H36P.C8H19O4P/c2*1-5-9-13-17(14-10-6-2,15-11-7-3)16-12-8-4;1-2-3-4-5-6-7-8-12-13(9,10)11/h2*5-16H2,1-4H3;2-8H2,1H3,(H2,9,10,11)/q2*+1;/p-2. The van der Waals surface area contributed by atoms with E-state index in [1.807, 2.05) is 0 Å². The van der Waals surface area contributed by atoms with Crippen LogP contribution in [-0.2, 0) is 9.09 Å². The van der Waals surface area contributed by atoms with Gasteiger partial charge in [0, 0.05) is 14.5 Å². The van der Waals surface area contributed by atoms with Crippen molar-refractivity contribution in [2.45, 2.75) is 204 Å². The molecule has 0 aliphatic heterocycles. The molecule has 0 spiro atoms. The molecule has 0 saturated carbocycles. The van der Waals surface area contributed by atoms with Crippen molar-refractivity contribution in [2.24, 2.45) is 0 Å². The predicted octanol–water partition coefficient (Wildman–Crippen LogP) is 13.6. The van der Waals surface area contributed by atoms with E-state index < -0.39 is 22.3 Å². The molecule has 0 N–H and O–H groups in total. The van der Waals surface area contributed by atoms with Crippen LogP contribution in [0.15, 0.2) is 0 Å². The maximum absolute atomic E-state index is 10.0. The van der Waals surface area contributed by atoms with Crippen molar-refractivity contribution in [3.05, 3.63) is 0 Å². The lowest BCUT2D eigenvalue weighted by Gasteiger charge is -2.28. The molecule has 0 aliphatic carbocycles. The molecule has 0 unspecified atom stereocenters. The Hall–Kier alpha value is 0.970. The fraction of sp³-hybridized carbons (Fsp3) is 1.00. The second-order valence-corrected chi connectivity index (χ2v) is 24.4. The van der Waals surface area contributed by atoms with E-state index in [2.05, 4.69) is 66.8 Å². The van der Waals surface area contributed by atoms with Gasteiger partial charge in [0.25, 0.3) is 0 Å². The molecular weight excluding hydrogens is 637 g/mol. The third-order valence-corrected chi connectivity index (χ3v) is 20.3. The van der Waals surface area contributed by atoms with Crippen LogP contribution >= 0.6 is 22.3 Å². The van der Waals surface area contributed by atoms with E-state index in [1.54, 1.807) is 49.3 Å². The minimum Gasteiger partial charge on any atom is -0.790 e. The quantitative estimate of drug-likeness (QED) is 0.0511. The highest BCUT2D eigenvalue weighted by atomic mass is 31.2. The largest absolute Gasteiger partial charge is 0.790 e. The highest BCUT2D eigenvalue weighted by Crippen LogP contribution is 2.62. The minimum absolute atomic E-state index is 0.0381. The Bertz CT molecular complexity index is 530. The van der Waals surface area contributed by atoms with Gasteiger partial charge >= 0.3 is 0 Å². The van der Waals surface area contributed by atoms with Gasteiger partial charge in [-0.2, -0.15) is 0 Å². The molecule has 288 valence electrons. The Morgan fingerprint density at radius 3 is 0.787 bits per heavy atom. The van der Waals surface area contributed by atoms with Gasteiger partial charge in [0.2, 0.25) is 0 Å². The molecular formula is C40H89O4P3. The molecule has 0 amide bonds. The lowest BCUT2D eigenvalue weighted by molar-refractivity contribution is -0.341. The third-order valence-electron chi connectivity index (χ3n) is 9.64. The molecule has 0 aromatic rings. The zero-order valence-electron chi connectivity index (χ0n) is 33.9. The molecule has 0 atom stereocenters. The van der Waals surface area contributed by atoms with Crippen LogP contribution in [0.1, 0.15) is 204 Å². The summed E-state index contributed by atoms with van der Waals surface area (Å²) in [7, 11) is -5.85. The van der Waals surface area contributed by atoms with Gasteiger partial charge in [-0.1, -0.05) is 146 Å². The average Bonchev–Trinajstić information content (AvgIpc) is 3.06. The highest BCUT2D eigenvalue weighted by Gasteiger charge is 2.35. The van der Waals surface area contributed by atoms with Gasteiger partial charge in [-0.25, -0.2) is 0 Å². The van der Waals surface area contributed by atoms with E-state index in [1.165, 1.54) is 122 Å². The lowest BCUT2D eigenvalue weighted by Crippen LogP contribution is -2.16. The number of hydrogen-bond donors (Lipinski definition) is 0. The lowest BCUT2D eigenvalue weighted by atomic mass is 10.1. The molecule has 0 radical (unpaired) electrons. The van der Waals surface area contributed by atoms with Crippen molar-refractivity contribution < 1.29 is 18.9 Å². The van der Waals surface area contributed by atoms with E-state index >= 15 is 0 Å². The Labute approximate surface area is 299 Å². The van der Waals surface area contributed by atoms with Crippen LogP contribution in [-0.4, -0.2) is 55.9 Å². The summed E-state index contributed by atoms with van der Waals surface area (Å²) in [6.07, 6.45) is 42.1. The molecule has 0 fully saturated rings. The van der Waals surface area contributed by atoms with Crippen LogP contribution in [0.25, 0.3) is 0 Å². The van der Waals surface area contributed by atoms with Gasteiger partial charge in [-0.3, -0.25) is 0 Å². The van der Waals surface area contributed by atoms with Crippen LogP contribution in [0.2, 0.25) is 0 Å². The summed E-state index contributed by atoms with van der Waals surface area (Å²) in [5.41, 5.74) is 0. The molecule has 0 aliphatic rings. The number of phosphoric ester groups is 1. The Morgan fingerprint density at radius 1 is 0.362 bits per heavy atom. The fourth-order valence-corrected chi connectivity index (χ4v) is 17.3. The van der Waals surface area contributed by atoms with E-state index in [4.69, 9.17) is 0 Å². The van der Waals surface area contributed by atoms with Gasteiger partial charge in [-0.15, -0.1) is 0 Å². The first-order valence-corrected chi connectivity index (χ1v) is 27.4. The summed E-state index contributed by atoms with van der Waals surface area (Å²) in [5, 5.41) is 0. The van der Waals surface area contributed by atoms with Crippen molar-refractivity contribution in [3.63, 3.8) is 0 Å². The molecule has 47 heavy (non-hydrogen) atoms. The number of phosphoric acid groups is 1. The Kier molecular flexibility index (Phi) is 42.5. The summed E-state index contributed by atoms with van der Waals surface area (Å²) in [5.74, 6) is 0. The van der Waals surface area contributed by atoms with Gasteiger partial charge in [0.15, 0.2) is 0 Å². The summed E-state index contributed by atoms with van der Waals surface area (Å²) < 4.78 is 14.1. The summed E-state index contributed by atoms with van der Waals surface area (Å²) in [4.78, 5) is 20.0. The van der Waals surface area contributed by atoms with Crippen molar-refractivity contribution >= 4 is 22.3 Å². The van der Waals surface area contributed by atoms with Gasteiger partial charge in [-0.05, 0) is 57.8 Å².